The van der Waals surface area contributed by atoms with Crippen molar-refractivity contribution in [1.29, 1.82) is 0 Å². The van der Waals surface area contributed by atoms with Gasteiger partial charge in [0.25, 0.3) is 0 Å². The minimum absolute atomic E-state index is 0.302. The van der Waals surface area contributed by atoms with Crippen LogP contribution >= 0.6 is 0 Å². The predicted octanol–water partition coefficient (Wildman–Crippen LogP) is 3.46. The number of pyridine rings is 1. The molecule has 118 valence electrons. The summed E-state index contributed by atoms with van der Waals surface area (Å²) in [6.45, 7) is 5.91. The third-order valence-electron chi connectivity index (χ3n) is 3.98. The molecule has 6 heteroatoms. The second-order valence-electron chi connectivity index (χ2n) is 5.51. The highest BCUT2D eigenvalue weighted by Gasteiger charge is 2.33. The van der Waals surface area contributed by atoms with Crippen LogP contribution in [0.4, 0.5) is 18.9 Å². The van der Waals surface area contributed by atoms with Gasteiger partial charge in [0.1, 0.15) is 5.69 Å². The first-order valence-corrected chi connectivity index (χ1v) is 7.49. The molecule has 1 N–H and O–H groups in total. The van der Waals surface area contributed by atoms with Crippen LogP contribution in [0.1, 0.15) is 38.8 Å². The number of nitrogens with zero attached hydrogens (tertiary/aromatic N) is 2. The average Bonchev–Trinajstić information content (AvgIpc) is 2.47. The number of aromatic nitrogens is 1. The SMILES string of the molecule is CCCC1CN(c2ccc(C(F)(F)F)nc2)C(CC)CN1. The zero-order chi connectivity index (χ0) is 15.5. The second kappa shape index (κ2) is 6.64. The summed E-state index contributed by atoms with van der Waals surface area (Å²) >= 11 is 0. The third-order valence-corrected chi connectivity index (χ3v) is 3.98. The van der Waals surface area contributed by atoms with Gasteiger partial charge in [-0.05, 0) is 25.0 Å². The van der Waals surface area contributed by atoms with Gasteiger partial charge in [0.05, 0.1) is 11.9 Å². The van der Waals surface area contributed by atoms with Crippen LogP contribution in [0.2, 0.25) is 0 Å². The molecular formula is C15H22F3N3. The molecule has 0 bridgehead atoms. The van der Waals surface area contributed by atoms with E-state index in [-0.39, 0.29) is 0 Å². The molecule has 2 unspecified atom stereocenters. The first-order valence-electron chi connectivity index (χ1n) is 7.49. The zero-order valence-electron chi connectivity index (χ0n) is 12.5. The first-order chi connectivity index (χ1) is 9.95. The van der Waals surface area contributed by atoms with E-state index >= 15 is 0 Å². The Balaban J connectivity index is 2.16. The number of alkyl halides is 3. The fourth-order valence-corrected chi connectivity index (χ4v) is 2.81. The molecule has 0 amide bonds. The minimum Gasteiger partial charge on any atom is -0.364 e. The first kappa shape index (κ1) is 16.1. The van der Waals surface area contributed by atoms with E-state index in [0.717, 1.165) is 44.1 Å². The maximum absolute atomic E-state index is 12.6. The molecule has 0 radical (unpaired) electrons. The molecule has 0 aromatic carbocycles. The Hall–Kier alpha value is -1.30. The summed E-state index contributed by atoms with van der Waals surface area (Å²) in [7, 11) is 0. The van der Waals surface area contributed by atoms with Crippen molar-refractivity contribution in [3.63, 3.8) is 0 Å². The summed E-state index contributed by atoms with van der Waals surface area (Å²) in [5, 5.41) is 3.51. The molecule has 1 aromatic heterocycles. The highest BCUT2D eigenvalue weighted by Crippen LogP contribution is 2.29. The second-order valence-corrected chi connectivity index (χ2v) is 5.51. The van der Waals surface area contributed by atoms with Gasteiger partial charge in [-0.1, -0.05) is 20.3 Å². The fraction of sp³-hybridized carbons (Fsp3) is 0.667. The van der Waals surface area contributed by atoms with Crippen LogP contribution in [0.25, 0.3) is 0 Å². The minimum atomic E-state index is -4.38. The van der Waals surface area contributed by atoms with Crippen molar-refractivity contribution in [2.24, 2.45) is 0 Å². The molecule has 0 spiro atoms. The van der Waals surface area contributed by atoms with E-state index in [0.29, 0.717) is 12.1 Å². The van der Waals surface area contributed by atoms with Crippen molar-refractivity contribution >= 4 is 5.69 Å². The summed E-state index contributed by atoms with van der Waals surface area (Å²) in [4.78, 5) is 5.76. The normalized spacial score (nSPS) is 23.4. The molecule has 1 aliphatic heterocycles. The van der Waals surface area contributed by atoms with Gasteiger partial charge in [0.15, 0.2) is 0 Å². The van der Waals surface area contributed by atoms with Gasteiger partial charge in [0, 0.05) is 25.2 Å². The molecular weight excluding hydrogens is 279 g/mol. The van der Waals surface area contributed by atoms with Gasteiger partial charge >= 0.3 is 6.18 Å². The Bertz CT molecular complexity index is 444. The standard InChI is InChI=1S/C15H22F3N3/c1-3-5-11-10-21(12(4-2)8-19-11)13-6-7-14(20-9-13)15(16,17)18/h6-7,9,11-12,19H,3-5,8,10H2,1-2H3. The van der Waals surface area contributed by atoms with E-state index in [1.54, 1.807) is 0 Å². The molecule has 21 heavy (non-hydrogen) atoms. The fourth-order valence-electron chi connectivity index (χ4n) is 2.81. The summed E-state index contributed by atoms with van der Waals surface area (Å²) < 4.78 is 37.7. The number of hydrogen-bond donors (Lipinski definition) is 1. The number of halogens is 3. The van der Waals surface area contributed by atoms with E-state index in [9.17, 15) is 13.2 Å². The smallest absolute Gasteiger partial charge is 0.364 e. The predicted molar refractivity (Wildman–Crippen MR) is 77.4 cm³/mol. The van der Waals surface area contributed by atoms with Crippen LogP contribution in [-0.4, -0.2) is 30.2 Å². The van der Waals surface area contributed by atoms with Crippen molar-refractivity contribution in [1.82, 2.24) is 10.3 Å². The van der Waals surface area contributed by atoms with Crippen molar-refractivity contribution in [3.05, 3.63) is 24.0 Å². The monoisotopic (exact) mass is 301 g/mol. The van der Waals surface area contributed by atoms with Gasteiger partial charge in [-0.15, -0.1) is 0 Å². The number of anilines is 1. The Kier molecular flexibility index (Phi) is 5.08. The molecule has 1 aromatic rings. The third kappa shape index (κ3) is 3.87. The maximum Gasteiger partial charge on any atom is 0.433 e. The summed E-state index contributed by atoms with van der Waals surface area (Å²) in [6.07, 6.45) is 0.0815. The lowest BCUT2D eigenvalue weighted by molar-refractivity contribution is -0.141. The van der Waals surface area contributed by atoms with Crippen molar-refractivity contribution in [2.75, 3.05) is 18.0 Å². The van der Waals surface area contributed by atoms with Crippen LogP contribution in [-0.2, 0) is 6.18 Å². The van der Waals surface area contributed by atoms with Gasteiger partial charge in [-0.25, -0.2) is 4.98 Å². The largest absolute Gasteiger partial charge is 0.433 e. The van der Waals surface area contributed by atoms with Crippen molar-refractivity contribution in [2.45, 2.75) is 51.4 Å². The lowest BCUT2D eigenvalue weighted by Gasteiger charge is -2.41. The summed E-state index contributed by atoms with van der Waals surface area (Å²) in [6, 6.07) is 3.29. The van der Waals surface area contributed by atoms with Crippen LogP contribution in [0.5, 0.6) is 0 Å². The van der Waals surface area contributed by atoms with E-state index in [1.807, 2.05) is 0 Å². The number of nitrogens with one attached hydrogen (secondary N) is 1. The number of hydrogen-bond acceptors (Lipinski definition) is 3. The maximum atomic E-state index is 12.6. The topological polar surface area (TPSA) is 28.2 Å². The number of piperazine rings is 1. The van der Waals surface area contributed by atoms with Gasteiger partial charge in [-0.3, -0.25) is 0 Å². The molecule has 2 atom stereocenters. The Labute approximate surface area is 123 Å². The van der Waals surface area contributed by atoms with Crippen LogP contribution in [0.15, 0.2) is 18.3 Å². The molecule has 0 aliphatic carbocycles. The zero-order valence-corrected chi connectivity index (χ0v) is 12.5. The Morgan fingerprint density at radius 2 is 2.10 bits per heavy atom. The van der Waals surface area contributed by atoms with E-state index in [4.69, 9.17) is 0 Å². The van der Waals surface area contributed by atoms with Crippen LogP contribution < -0.4 is 10.2 Å². The van der Waals surface area contributed by atoms with Gasteiger partial charge in [0.2, 0.25) is 0 Å². The summed E-state index contributed by atoms with van der Waals surface area (Å²) in [5.41, 5.74) is -0.0583. The summed E-state index contributed by atoms with van der Waals surface area (Å²) in [5.74, 6) is 0. The van der Waals surface area contributed by atoms with Gasteiger partial charge in [-0.2, -0.15) is 13.2 Å². The molecule has 0 saturated carbocycles. The highest BCUT2D eigenvalue weighted by molar-refractivity contribution is 5.47. The molecule has 2 heterocycles. The van der Waals surface area contributed by atoms with Crippen molar-refractivity contribution in [3.8, 4) is 0 Å². The quantitative estimate of drug-likeness (QED) is 0.923. The molecule has 2 rings (SSSR count). The lowest BCUT2D eigenvalue weighted by atomic mass is 10.0. The Morgan fingerprint density at radius 1 is 1.33 bits per heavy atom. The number of rotatable bonds is 4. The van der Waals surface area contributed by atoms with Gasteiger partial charge < -0.3 is 10.2 Å². The van der Waals surface area contributed by atoms with Crippen molar-refractivity contribution < 1.29 is 13.2 Å². The Morgan fingerprint density at radius 3 is 2.62 bits per heavy atom. The molecule has 3 nitrogen and oxygen atoms in total. The van der Waals surface area contributed by atoms with E-state index in [2.05, 4.69) is 29.0 Å². The molecule has 1 aliphatic rings. The van der Waals surface area contributed by atoms with E-state index in [1.165, 1.54) is 12.3 Å². The lowest BCUT2D eigenvalue weighted by Crippen LogP contribution is -2.56. The highest BCUT2D eigenvalue weighted by atomic mass is 19.4. The van der Waals surface area contributed by atoms with E-state index < -0.39 is 11.9 Å². The van der Waals surface area contributed by atoms with Crippen LogP contribution in [0.3, 0.4) is 0 Å². The van der Waals surface area contributed by atoms with Crippen LogP contribution in [0, 0.1) is 0 Å². The molecule has 1 fully saturated rings. The average molecular weight is 301 g/mol. The molecule has 1 saturated heterocycles.